The average molecular weight is 482 g/mol. The molecule has 2 aromatic heterocycles. The quantitative estimate of drug-likeness (QED) is 0.295. The first-order valence-corrected chi connectivity index (χ1v) is 10.9. The molecule has 0 aliphatic carbocycles. The van der Waals surface area contributed by atoms with Gasteiger partial charge in [-0.2, -0.15) is 0 Å². The molecular weight excluding hydrogens is 467 g/mol. The van der Waals surface area contributed by atoms with E-state index in [4.69, 9.17) is 39.8 Å². The normalized spacial score (nSPS) is 11.2. The number of rotatable bonds is 3. The molecule has 0 spiro atoms. The highest BCUT2D eigenvalue weighted by Gasteiger charge is 2.22. The number of nitrogens with zero attached hydrogens (tertiary/aromatic N) is 4. The lowest BCUT2D eigenvalue weighted by atomic mass is 10.2. The first kappa shape index (κ1) is 20.8. The summed E-state index contributed by atoms with van der Waals surface area (Å²) >= 11 is 18.7. The number of hydrogen-bond acceptors (Lipinski definition) is 3. The Morgan fingerprint density at radius 3 is 2.09 bits per heavy atom. The standard InChI is InChI=1S/C24H15Cl3N4O/c1-14-28-21-23(30(14)17-5-3-2-4-6-17)29-22(19-12-9-16(26)13-20(19)27)31(24(21)32)18-10-7-15(25)8-11-18/h2-13H,1H3. The van der Waals surface area contributed by atoms with Crippen LogP contribution in [0.5, 0.6) is 0 Å². The Morgan fingerprint density at radius 1 is 0.750 bits per heavy atom. The molecule has 3 aromatic carbocycles. The van der Waals surface area contributed by atoms with Crippen LogP contribution in [0.4, 0.5) is 0 Å². The highest BCUT2D eigenvalue weighted by molar-refractivity contribution is 6.36. The van der Waals surface area contributed by atoms with Crippen LogP contribution in [0.25, 0.3) is 33.9 Å². The van der Waals surface area contributed by atoms with E-state index in [0.717, 1.165) is 5.69 Å². The number of aryl methyl sites for hydroxylation is 1. The zero-order chi connectivity index (χ0) is 22.4. The third-order valence-electron chi connectivity index (χ3n) is 5.12. The number of para-hydroxylation sites is 1. The van der Waals surface area contributed by atoms with Gasteiger partial charge in [-0.05, 0) is 61.5 Å². The summed E-state index contributed by atoms with van der Waals surface area (Å²) in [4.78, 5) is 23.2. The first-order chi connectivity index (χ1) is 15.4. The second kappa shape index (κ2) is 8.10. The zero-order valence-corrected chi connectivity index (χ0v) is 19.0. The Hall–Kier alpha value is -3.12. The smallest absolute Gasteiger partial charge is 0.281 e. The van der Waals surface area contributed by atoms with E-state index in [1.807, 2.05) is 41.8 Å². The molecule has 0 aliphatic heterocycles. The van der Waals surface area contributed by atoms with Gasteiger partial charge in [0.25, 0.3) is 5.56 Å². The van der Waals surface area contributed by atoms with Crippen molar-refractivity contribution in [3.05, 3.63) is 104 Å². The van der Waals surface area contributed by atoms with Crippen LogP contribution in [0.3, 0.4) is 0 Å². The molecule has 5 aromatic rings. The minimum absolute atomic E-state index is 0.259. The van der Waals surface area contributed by atoms with Gasteiger partial charge in [0.15, 0.2) is 17.0 Å². The molecule has 0 aliphatic rings. The van der Waals surface area contributed by atoms with E-state index in [0.29, 0.717) is 43.6 Å². The summed E-state index contributed by atoms with van der Waals surface area (Å²) in [6.45, 7) is 1.84. The fourth-order valence-corrected chi connectivity index (χ4v) is 4.31. The fraction of sp³-hybridized carbons (Fsp3) is 0.0417. The van der Waals surface area contributed by atoms with Gasteiger partial charge in [0, 0.05) is 21.3 Å². The molecule has 0 saturated carbocycles. The summed E-state index contributed by atoms with van der Waals surface area (Å²) in [5.41, 5.74) is 2.43. The molecule has 8 heteroatoms. The second-order valence-corrected chi connectivity index (χ2v) is 8.46. The fourth-order valence-electron chi connectivity index (χ4n) is 3.69. The summed E-state index contributed by atoms with van der Waals surface area (Å²) in [6.07, 6.45) is 0. The van der Waals surface area contributed by atoms with Gasteiger partial charge in [0.1, 0.15) is 5.82 Å². The monoisotopic (exact) mass is 480 g/mol. The molecule has 0 bridgehead atoms. The van der Waals surface area contributed by atoms with Crippen molar-refractivity contribution in [2.24, 2.45) is 0 Å². The zero-order valence-electron chi connectivity index (χ0n) is 16.8. The van der Waals surface area contributed by atoms with Gasteiger partial charge in [0.05, 0.1) is 10.7 Å². The first-order valence-electron chi connectivity index (χ1n) is 9.73. The van der Waals surface area contributed by atoms with Crippen LogP contribution in [-0.2, 0) is 0 Å². The maximum absolute atomic E-state index is 13.7. The van der Waals surface area contributed by atoms with E-state index >= 15 is 0 Å². The minimum atomic E-state index is -0.309. The van der Waals surface area contributed by atoms with Crippen molar-refractivity contribution in [1.29, 1.82) is 0 Å². The van der Waals surface area contributed by atoms with Crippen LogP contribution in [0, 0.1) is 6.92 Å². The topological polar surface area (TPSA) is 52.7 Å². The Labute approximate surface area is 198 Å². The van der Waals surface area contributed by atoms with Crippen molar-refractivity contribution in [3.63, 3.8) is 0 Å². The summed E-state index contributed by atoms with van der Waals surface area (Å²) in [5.74, 6) is 1.03. The van der Waals surface area contributed by atoms with Crippen molar-refractivity contribution < 1.29 is 0 Å². The lowest BCUT2D eigenvalue weighted by Gasteiger charge is -2.15. The third-order valence-corrected chi connectivity index (χ3v) is 5.92. The molecule has 5 nitrogen and oxygen atoms in total. The summed E-state index contributed by atoms with van der Waals surface area (Å²) in [6, 6.07) is 21.7. The molecule has 2 heterocycles. The van der Waals surface area contributed by atoms with Crippen LogP contribution in [0.15, 0.2) is 77.6 Å². The van der Waals surface area contributed by atoms with Crippen LogP contribution >= 0.6 is 34.8 Å². The molecule has 0 atom stereocenters. The molecule has 0 N–H and O–H groups in total. The Bertz CT molecular complexity index is 1520. The SMILES string of the molecule is Cc1nc2c(=O)n(-c3ccc(Cl)cc3)c(-c3ccc(Cl)cc3Cl)nc2n1-c1ccccc1. The number of aromatic nitrogens is 4. The Balaban J connectivity index is 1.91. The van der Waals surface area contributed by atoms with Crippen LogP contribution < -0.4 is 5.56 Å². The Kier molecular flexibility index (Phi) is 5.25. The Morgan fingerprint density at radius 2 is 1.41 bits per heavy atom. The van der Waals surface area contributed by atoms with E-state index in [-0.39, 0.29) is 11.1 Å². The predicted molar refractivity (Wildman–Crippen MR) is 130 cm³/mol. The van der Waals surface area contributed by atoms with Crippen LogP contribution in [0.2, 0.25) is 15.1 Å². The van der Waals surface area contributed by atoms with E-state index in [2.05, 4.69) is 4.98 Å². The van der Waals surface area contributed by atoms with Gasteiger partial charge in [-0.1, -0.05) is 53.0 Å². The summed E-state index contributed by atoms with van der Waals surface area (Å²) in [7, 11) is 0. The van der Waals surface area contributed by atoms with Crippen LogP contribution in [-0.4, -0.2) is 19.1 Å². The predicted octanol–water partition coefficient (Wildman–Crippen LogP) is 6.51. The van der Waals surface area contributed by atoms with Crippen molar-refractivity contribution in [3.8, 4) is 22.8 Å². The highest BCUT2D eigenvalue weighted by Crippen LogP contribution is 2.31. The molecular formula is C24H15Cl3N4O. The number of fused-ring (bicyclic) bond motifs is 1. The highest BCUT2D eigenvalue weighted by atomic mass is 35.5. The van der Waals surface area contributed by atoms with Gasteiger partial charge in [-0.15, -0.1) is 0 Å². The number of halogens is 3. The maximum Gasteiger partial charge on any atom is 0.286 e. The largest absolute Gasteiger partial charge is 0.286 e. The average Bonchev–Trinajstić information content (AvgIpc) is 3.11. The van der Waals surface area contributed by atoms with E-state index in [9.17, 15) is 4.79 Å². The molecule has 32 heavy (non-hydrogen) atoms. The van der Waals surface area contributed by atoms with Crippen LogP contribution in [0.1, 0.15) is 5.82 Å². The van der Waals surface area contributed by atoms with Gasteiger partial charge in [0.2, 0.25) is 0 Å². The van der Waals surface area contributed by atoms with E-state index in [1.165, 1.54) is 4.57 Å². The number of benzene rings is 3. The van der Waals surface area contributed by atoms with Crippen molar-refractivity contribution in [2.45, 2.75) is 6.92 Å². The molecule has 0 saturated heterocycles. The lowest BCUT2D eigenvalue weighted by Crippen LogP contribution is -2.22. The van der Waals surface area contributed by atoms with Gasteiger partial charge in [-0.3, -0.25) is 13.9 Å². The molecule has 5 rings (SSSR count). The van der Waals surface area contributed by atoms with Gasteiger partial charge >= 0.3 is 0 Å². The summed E-state index contributed by atoms with van der Waals surface area (Å²) < 4.78 is 3.35. The minimum Gasteiger partial charge on any atom is -0.281 e. The number of imidazole rings is 1. The van der Waals surface area contributed by atoms with Crippen molar-refractivity contribution in [1.82, 2.24) is 19.1 Å². The molecule has 158 valence electrons. The van der Waals surface area contributed by atoms with Crippen molar-refractivity contribution in [2.75, 3.05) is 0 Å². The summed E-state index contributed by atoms with van der Waals surface area (Å²) in [5, 5.41) is 1.44. The van der Waals surface area contributed by atoms with Gasteiger partial charge in [-0.25, -0.2) is 9.97 Å². The molecule has 0 amide bonds. The third kappa shape index (κ3) is 3.48. The lowest BCUT2D eigenvalue weighted by molar-refractivity contribution is 0.955. The second-order valence-electron chi connectivity index (χ2n) is 7.18. The molecule has 0 unspecified atom stereocenters. The molecule has 0 radical (unpaired) electrons. The number of hydrogen-bond donors (Lipinski definition) is 0. The van der Waals surface area contributed by atoms with Gasteiger partial charge < -0.3 is 0 Å². The maximum atomic E-state index is 13.7. The van der Waals surface area contributed by atoms with E-state index < -0.39 is 0 Å². The van der Waals surface area contributed by atoms with E-state index in [1.54, 1.807) is 42.5 Å². The van der Waals surface area contributed by atoms with Crippen molar-refractivity contribution >= 4 is 46.0 Å². The molecule has 0 fully saturated rings.